The summed E-state index contributed by atoms with van der Waals surface area (Å²) >= 11 is 0. The lowest BCUT2D eigenvalue weighted by Crippen LogP contribution is -2.19. The average Bonchev–Trinajstić information content (AvgIpc) is 2.84. The molecule has 0 bridgehead atoms. The van der Waals surface area contributed by atoms with Gasteiger partial charge in [0.2, 0.25) is 0 Å². The van der Waals surface area contributed by atoms with E-state index in [4.69, 9.17) is 14.2 Å². The van der Waals surface area contributed by atoms with Crippen molar-refractivity contribution in [3.05, 3.63) is 72.9 Å². The number of para-hydroxylation sites is 2. The zero-order chi connectivity index (χ0) is 23.2. The summed E-state index contributed by atoms with van der Waals surface area (Å²) in [6.07, 6.45) is 1.73. The fraction of sp³-hybridized carbons (Fsp3) is 0.120. The number of benzene rings is 3. The molecule has 33 heavy (non-hydrogen) atoms. The van der Waals surface area contributed by atoms with Crippen LogP contribution < -0.4 is 30.2 Å². The molecule has 168 valence electrons. The number of ether oxygens (including phenoxy) is 3. The largest absolute Gasteiger partial charge is 0.495 e. The van der Waals surface area contributed by atoms with Crippen molar-refractivity contribution in [2.75, 3.05) is 37.3 Å². The third-order valence-corrected chi connectivity index (χ3v) is 5.02. The van der Waals surface area contributed by atoms with Crippen molar-refractivity contribution in [2.45, 2.75) is 0 Å². The van der Waals surface area contributed by atoms with Crippen LogP contribution in [-0.2, 0) is 0 Å². The molecule has 0 radical (unpaired) electrons. The van der Waals surface area contributed by atoms with Crippen molar-refractivity contribution in [1.29, 1.82) is 0 Å². The predicted molar refractivity (Wildman–Crippen MR) is 130 cm³/mol. The van der Waals surface area contributed by atoms with Crippen LogP contribution in [0.1, 0.15) is 0 Å². The SMILES string of the molecule is COc1ccccc1NC(=O)Nc1ccc(Nc2ccnc3cc(OC)c(OC)cc23)cc1. The van der Waals surface area contributed by atoms with Crippen LogP contribution >= 0.6 is 0 Å². The highest BCUT2D eigenvalue weighted by Crippen LogP contribution is 2.35. The molecule has 0 atom stereocenters. The molecule has 0 unspecified atom stereocenters. The molecule has 1 heterocycles. The van der Waals surface area contributed by atoms with Crippen molar-refractivity contribution in [1.82, 2.24) is 4.98 Å². The van der Waals surface area contributed by atoms with E-state index in [2.05, 4.69) is 20.9 Å². The van der Waals surface area contributed by atoms with Gasteiger partial charge in [-0.15, -0.1) is 0 Å². The Morgan fingerprint density at radius 3 is 2.12 bits per heavy atom. The Morgan fingerprint density at radius 2 is 1.39 bits per heavy atom. The van der Waals surface area contributed by atoms with Gasteiger partial charge < -0.3 is 30.2 Å². The van der Waals surface area contributed by atoms with Gasteiger partial charge in [0, 0.05) is 34.7 Å². The Balaban J connectivity index is 1.48. The molecule has 0 saturated carbocycles. The average molecular weight is 444 g/mol. The van der Waals surface area contributed by atoms with E-state index in [1.165, 1.54) is 0 Å². The highest BCUT2D eigenvalue weighted by molar-refractivity contribution is 6.01. The van der Waals surface area contributed by atoms with E-state index in [9.17, 15) is 4.79 Å². The number of pyridine rings is 1. The van der Waals surface area contributed by atoms with Crippen LogP contribution in [0.2, 0.25) is 0 Å². The summed E-state index contributed by atoms with van der Waals surface area (Å²) in [6.45, 7) is 0. The zero-order valence-corrected chi connectivity index (χ0v) is 18.5. The third-order valence-electron chi connectivity index (χ3n) is 5.02. The summed E-state index contributed by atoms with van der Waals surface area (Å²) in [5.74, 6) is 1.84. The molecule has 0 spiro atoms. The van der Waals surface area contributed by atoms with Gasteiger partial charge in [0.1, 0.15) is 5.75 Å². The number of methoxy groups -OCH3 is 3. The van der Waals surface area contributed by atoms with Gasteiger partial charge in [-0.05, 0) is 48.5 Å². The van der Waals surface area contributed by atoms with E-state index in [0.717, 1.165) is 22.3 Å². The van der Waals surface area contributed by atoms with Gasteiger partial charge in [-0.2, -0.15) is 0 Å². The molecule has 0 aliphatic carbocycles. The van der Waals surface area contributed by atoms with Crippen LogP contribution in [0.5, 0.6) is 17.2 Å². The minimum Gasteiger partial charge on any atom is -0.495 e. The van der Waals surface area contributed by atoms with Crippen LogP contribution in [0.3, 0.4) is 0 Å². The molecule has 8 heteroatoms. The van der Waals surface area contributed by atoms with E-state index in [1.807, 2.05) is 54.6 Å². The second-order valence-corrected chi connectivity index (χ2v) is 7.06. The molecule has 0 fully saturated rings. The second-order valence-electron chi connectivity index (χ2n) is 7.06. The Kier molecular flexibility index (Phi) is 6.45. The Bertz CT molecular complexity index is 1280. The van der Waals surface area contributed by atoms with Crippen molar-refractivity contribution in [2.24, 2.45) is 0 Å². The molecule has 0 aliphatic rings. The summed E-state index contributed by atoms with van der Waals surface area (Å²) in [6, 6.07) is 19.9. The molecule has 4 rings (SSSR count). The van der Waals surface area contributed by atoms with E-state index in [-0.39, 0.29) is 6.03 Å². The van der Waals surface area contributed by atoms with Crippen LogP contribution in [0.25, 0.3) is 10.9 Å². The van der Waals surface area contributed by atoms with Crippen molar-refractivity contribution in [3.8, 4) is 17.2 Å². The quantitative estimate of drug-likeness (QED) is 0.341. The number of nitrogens with zero attached hydrogens (tertiary/aromatic N) is 1. The number of hydrogen-bond acceptors (Lipinski definition) is 6. The van der Waals surface area contributed by atoms with Crippen LogP contribution in [0.4, 0.5) is 27.5 Å². The van der Waals surface area contributed by atoms with E-state index >= 15 is 0 Å². The first-order valence-corrected chi connectivity index (χ1v) is 10.2. The Labute approximate surface area is 191 Å². The summed E-state index contributed by atoms with van der Waals surface area (Å²) in [5.41, 5.74) is 3.75. The molecule has 0 aliphatic heterocycles. The van der Waals surface area contributed by atoms with E-state index < -0.39 is 0 Å². The van der Waals surface area contributed by atoms with Crippen molar-refractivity contribution in [3.63, 3.8) is 0 Å². The number of urea groups is 1. The number of anilines is 4. The maximum absolute atomic E-state index is 12.4. The van der Waals surface area contributed by atoms with Crippen molar-refractivity contribution < 1.29 is 19.0 Å². The molecule has 2 amide bonds. The maximum atomic E-state index is 12.4. The van der Waals surface area contributed by atoms with Gasteiger partial charge in [-0.25, -0.2) is 4.79 Å². The Hall–Kier alpha value is -4.46. The number of carbonyl (C=O) groups excluding carboxylic acids is 1. The number of amides is 2. The smallest absolute Gasteiger partial charge is 0.323 e. The molecule has 8 nitrogen and oxygen atoms in total. The minimum atomic E-state index is -0.360. The highest BCUT2D eigenvalue weighted by Gasteiger charge is 2.11. The summed E-state index contributed by atoms with van der Waals surface area (Å²) in [4.78, 5) is 16.8. The standard InChI is InChI=1S/C25H24N4O4/c1-31-22-7-5-4-6-20(22)29-25(30)28-17-10-8-16(9-11-17)27-19-12-13-26-21-15-24(33-3)23(32-2)14-18(19)21/h4-15H,1-3H3,(H,26,27)(H2,28,29,30). The summed E-state index contributed by atoms with van der Waals surface area (Å²) in [7, 11) is 4.75. The fourth-order valence-electron chi connectivity index (χ4n) is 3.41. The number of aromatic nitrogens is 1. The van der Waals surface area contributed by atoms with Crippen molar-refractivity contribution >= 4 is 39.7 Å². The Morgan fingerprint density at radius 1 is 0.727 bits per heavy atom. The van der Waals surface area contributed by atoms with Gasteiger partial charge in [0.15, 0.2) is 11.5 Å². The second kappa shape index (κ2) is 9.78. The van der Waals surface area contributed by atoms with Crippen LogP contribution in [0.15, 0.2) is 72.9 Å². The first-order valence-electron chi connectivity index (χ1n) is 10.2. The first-order chi connectivity index (χ1) is 16.1. The van der Waals surface area contributed by atoms with Gasteiger partial charge >= 0.3 is 6.03 Å². The fourth-order valence-corrected chi connectivity index (χ4v) is 3.41. The van der Waals surface area contributed by atoms with Gasteiger partial charge in [-0.3, -0.25) is 4.98 Å². The molecule has 1 aromatic heterocycles. The summed E-state index contributed by atoms with van der Waals surface area (Å²) < 4.78 is 16.0. The zero-order valence-electron chi connectivity index (χ0n) is 18.5. The normalized spacial score (nSPS) is 10.4. The highest BCUT2D eigenvalue weighted by atomic mass is 16.5. The number of carbonyl (C=O) groups is 1. The molecule has 4 aromatic rings. The number of nitrogens with one attached hydrogen (secondary N) is 3. The lowest BCUT2D eigenvalue weighted by atomic mass is 10.1. The number of hydrogen-bond donors (Lipinski definition) is 3. The maximum Gasteiger partial charge on any atom is 0.323 e. The lowest BCUT2D eigenvalue weighted by Gasteiger charge is -2.14. The molecule has 3 N–H and O–H groups in total. The predicted octanol–water partition coefficient (Wildman–Crippen LogP) is 5.65. The van der Waals surface area contributed by atoms with Gasteiger partial charge in [0.05, 0.1) is 32.5 Å². The molecular weight excluding hydrogens is 420 g/mol. The minimum absolute atomic E-state index is 0.360. The third kappa shape index (κ3) is 4.90. The van der Waals surface area contributed by atoms with E-state index in [1.54, 1.807) is 39.7 Å². The lowest BCUT2D eigenvalue weighted by molar-refractivity contribution is 0.262. The number of rotatable bonds is 7. The molecular formula is C25H24N4O4. The molecule has 3 aromatic carbocycles. The summed E-state index contributed by atoms with van der Waals surface area (Å²) in [5, 5.41) is 9.89. The molecule has 0 saturated heterocycles. The van der Waals surface area contributed by atoms with Gasteiger partial charge in [0.25, 0.3) is 0 Å². The first kappa shape index (κ1) is 21.8. The topological polar surface area (TPSA) is 93.7 Å². The number of fused-ring (bicyclic) bond motifs is 1. The van der Waals surface area contributed by atoms with E-state index in [0.29, 0.717) is 28.6 Å². The van der Waals surface area contributed by atoms with Gasteiger partial charge in [-0.1, -0.05) is 12.1 Å². The van der Waals surface area contributed by atoms with Crippen LogP contribution in [0, 0.1) is 0 Å². The van der Waals surface area contributed by atoms with Crippen LogP contribution in [-0.4, -0.2) is 32.3 Å². The monoisotopic (exact) mass is 444 g/mol.